The number of hydrogen-bond acceptors (Lipinski definition) is 1. The van der Waals surface area contributed by atoms with Gasteiger partial charge in [0, 0.05) is 5.02 Å². The molecule has 10 heavy (non-hydrogen) atoms. The average molecular weight is 165 g/mol. The molecule has 0 saturated heterocycles. The quantitative estimate of drug-likeness (QED) is 0.394. The summed E-state index contributed by atoms with van der Waals surface area (Å²) >= 11 is 10.5. The maximum atomic E-state index is 5.63. The second-order valence-electron chi connectivity index (χ2n) is 1.77. The Morgan fingerprint density at radius 3 is 2.10 bits per heavy atom. The van der Waals surface area contributed by atoms with E-state index in [0.717, 1.165) is 10.6 Å². The van der Waals surface area contributed by atoms with Crippen molar-refractivity contribution in [3.63, 3.8) is 0 Å². The summed E-state index contributed by atoms with van der Waals surface area (Å²) in [5, 5.41) is 0.766. The van der Waals surface area contributed by atoms with Crippen molar-refractivity contribution in [1.82, 2.24) is 0 Å². The smallest absolute Gasteiger partial charge is 0.788 e. The second-order valence-corrected chi connectivity index (χ2v) is 2.50. The molecule has 0 atom stereocenters. The minimum absolute atomic E-state index is 0. The summed E-state index contributed by atoms with van der Waals surface area (Å²) in [6, 6.07) is 7.58. The minimum Gasteiger partial charge on any atom is -0.788 e. The molecule has 0 aliphatic carbocycles. The predicted octanol–water partition coefficient (Wildman–Crippen LogP) is -0.609. The van der Waals surface area contributed by atoms with Crippen LogP contribution < -0.4 is 18.9 Å². The molecule has 0 bridgehead atoms. The van der Waals surface area contributed by atoms with Crippen LogP contribution in [0.2, 0.25) is 5.02 Å². The van der Waals surface area contributed by atoms with E-state index in [4.69, 9.17) is 24.2 Å². The van der Waals surface area contributed by atoms with Crippen molar-refractivity contribution in [1.29, 1.82) is 0 Å². The van der Waals surface area contributed by atoms with Gasteiger partial charge in [0.15, 0.2) is 0 Å². The van der Waals surface area contributed by atoms with E-state index in [1.165, 1.54) is 0 Å². The van der Waals surface area contributed by atoms with Crippen molar-refractivity contribution < 1.29 is 18.9 Å². The van der Waals surface area contributed by atoms with Gasteiger partial charge in [0.05, 0.1) is 0 Å². The molecule has 0 amide bonds. The SMILES string of the molecule is [Li+].[S-]Cc1ccc(Cl)cc1. The van der Waals surface area contributed by atoms with E-state index in [1.807, 2.05) is 24.3 Å². The Bertz CT molecular complexity index is 185. The number of hydrogen-bond donors (Lipinski definition) is 0. The molecule has 0 nitrogen and oxygen atoms in total. The molecular formula is C7H6ClLiS. The van der Waals surface area contributed by atoms with E-state index in [9.17, 15) is 0 Å². The van der Waals surface area contributed by atoms with Crippen LogP contribution in [0.25, 0.3) is 0 Å². The van der Waals surface area contributed by atoms with Crippen LogP contribution in [0.5, 0.6) is 0 Å². The van der Waals surface area contributed by atoms with Crippen LogP contribution in [0, 0.1) is 0 Å². The Balaban J connectivity index is 0.000000810. The molecule has 0 aliphatic rings. The van der Waals surface area contributed by atoms with E-state index in [-0.39, 0.29) is 18.9 Å². The Kier molecular flexibility index (Phi) is 5.39. The first-order valence-electron chi connectivity index (χ1n) is 2.65. The van der Waals surface area contributed by atoms with Gasteiger partial charge < -0.3 is 12.6 Å². The van der Waals surface area contributed by atoms with Gasteiger partial charge in [-0.3, -0.25) is 0 Å². The molecule has 0 heterocycles. The fourth-order valence-electron chi connectivity index (χ4n) is 0.581. The van der Waals surface area contributed by atoms with Crippen molar-refractivity contribution in [3.8, 4) is 0 Å². The summed E-state index contributed by atoms with van der Waals surface area (Å²) in [7, 11) is 0. The monoisotopic (exact) mass is 164 g/mol. The normalized spacial score (nSPS) is 8.60. The number of halogens is 1. The molecular weight excluding hydrogens is 159 g/mol. The van der Waals surface area contributed by atoms with Crippen LogP contribution in [-0.2, 0) is 18.4 Å². The zero-order valence-corrected chi connectivity index (χ0v) is 7.38. The second kappa shape index (κ2) is 5.15. The molecule has 3 heteroatoms. The molecule has 48 valence electrons. The van der Waals surface area contributed by atoms with E-state index >= 15 is 0 Å². The van der Waals surface area contributed by atoms with E-state index < -0.39 is 0 Å². The average Bonchev–Trinajstić information content (AvgIpc) is 1.90. The van der Waals surface area contributed by atoms with Gasteiger partial charge in [-0.2, -0.15) is 5.75 Å². The van der Waals surface area contributed by atoms with Gasteiger partial charge in [-0.05, 0) is 12.1 Å². The van der Waals surface area contributed by atoms with Crippen molar-refractivity contribution >= 4 is 24.2 Å². The van der Waals surface area contributed by atoms with Crippen LogP contribution >= 0.6 is 11.6 Å². The fourth-order valence-corrected chi connectivity index (χ4v) is 0.899. The van der Waals surface area contributed by atoms with Crippen LogP contribution in [0.15, 0.2) is 24.3 Å². The summed E-state index contributed by atoms with van der Waals surface area (Å²) in [5.41, 5.74) is 1.15. The van der Waals surface area contributed by atoms with Crippen LogP contribution in [-0.4, -0.2) is 0 Å². The molecule has 1 rings (SSSR count). The molecule has 1 aromatic carbocycles. The number of rotatable bonds is 1. The zero-order valence-electron chi connectivity index (χ0n) is 5.80. The van der Waals surface area contributed by atoms with Crippen LogP contribution in [0.1, 0.15) is 5.56 Å². The molecule has 0 unspecified atom stereocenters. The Hall–Kier alpha value is 0.457. The molecule has 0 aromatic heterocycles. The topological polar surface area (TPSA) is 0 Å². The minimum atomic E-state index is 0. The molecule has 0 aliphatic heterocycles. The molecule has 0 N–H and O–H groups in total. The Morgan fingerprint density at radius 2 is 1.70 bits per heavy atom. The van der Waals surface area contributed by atoms with Crippen LogP contribution in [0.4, 0.5) is 0 Å². The summed E-state index contributed by atoms with van der Waals surface area (Å²) in [6.07, 6.45) is 0. The molecule has 0 radical (unpaired) electrons. The Morgan fingerprint density at radius 1 is 1.20 bits per heavy atom. The largest absolute Gasteiger partial charge is 1.00 e. The third-order valence-electron chi connectivity index (χ3n) is 1.08. The van der Waals surface area contributed by atoms with Crippen molar-refractivity contribution in [2.75, 3.05) is 0 Å². The van der Waals surface area contributed by atoms with E-state index in [2.05, 4.69) is 0 Å². The number of benzene rings is 1. The van der Waals surface area contributed by atoms with Gasteiger partial charge in [0.2, 0.25) is 0 Å². The first kappa shape index (κ1) is 10.5. The molecule has 0 saturated carbocycles. The zero-order chi connectivity index (χ0) is 6.69. The maximum Gasteiger partial charge on any atom is 1.00 e. The van der Waals surface area contributed by atoms with E-state index in [0.29, 0.717) is 5.75 Å². The fraction of sp³-hybridized carbons (Fsp3) is 0.143. The van der Waals surface area contributed by atoms with Crippen molar-refractivity contribution in [2.24, 2.45) is 0 Å². The summed E-state index contributed by atoms with van der Waals surface area (Å²) in [4.78, 5) is 0. The van der Waals surface area contributed by atoms with Crippen LogP contribution in [0.3, 0.4) is 0 Å². The summed E-state index contributed by atoms with van der Waals surface area (Å²) < 4.78 is 0. The molecule has 1 aromatic rings. The predicted molar refractivity (Wildman–Crippen MR) is 42.5 cm³/mol. The third kappa shape index (κ3) is 3.03. The van der Waals surface area contributed by atoms with Gasteiger partial charge >= 0.3 is 18.9 Å². The standard InChI is InChI=1S/C7H7ClS.Li/c8-7-3-1-6(5-9)2-4-7;/h1-4,9H,5H2;/q;+1/p-1. The van der Waals surface area contributed by atoms with Gasteiger partial charge in [-0.25, -0.2) is 0 Å². The van der Waals surface area contributed by atoms with Crippen molar-refractivity contribution in [3.05, 3.63) is 34.9 Å². The molecule has 0 spiro atoms. The Labute approximate surface area is 83.6 Å². The van der Waals surface area contributed by atoms with Gasteiger partial charge in [0.25, 0.3) is 0 Å². The van der Waals surface area contributed by atoms with Crippen molar-refractivity contribution in [2.45, 2.75) is 5.75 Å². The van der Waals surface area contributed by atoms with E-state index in [1.54, 1.807) is 0 Å². The molecule has 0 fully saturated rings. The van der Waals surface area contributed by atoms with Gasteiger partial charge in [0.1, 0.15) is 0 Å². The summed E-state index contributed by atoms with van der Waals surface area (Å²) in [6.45, 7) is 0. The summed E-state index contributed by atoms with van der Waals surface area (Å²) in [5.74, 6) is 0.664. The van der Waals surface area contributed by atoms with Gasteiger partial charge in [-0.15, -0.1) is 0 Å². The first-order valence-corrected chi connectivity index (χ1v) is 3.61. The maximum absolute atomic E-state index is 5.63. The third-order valence-corrected chi connectivity index (χ3v) is 1.67. The van der Waals surface area contributed by atoms with Gasteiger partial charge in [-0.1, -0.05) is 29.3 Å². The first-order chi connectivity index (χ1) is 4.33.